The molecule has 0 atom stereocenters. The van der Waals surface area contributed by atoms with Gasteiger partial charge in [-0.1, -0.05) is 19.3 Å². The van der Waals surface area contributed by atoms with Gasteiger partial charge in [0.2, 0.25) is 0 Å². The van der Waals surface area contributed by atoms with Crippen molar-refractivity contribution in [1.29, 1.82) is 5.26 Å². The molecule has 21 heavy (non-hydrogen) atoms. The van der Waals surface area contributed by atoms with Crippen molar-refractivity contribution in [2.75, 3.05) is 19.5 Å². The van der Waals surface area contributed by atoms with Crippen LogP contribution in [0.5, 0.6) is 5.75 Å². The van der Waals surface area contributed by atoms with Crippen molar-refractivity contribution in [3.8, 4) is 11.8 Å². The lowest BCUT2D eigenvalue weighted by Gasteiger charge is -2.34. The topological polar surface area (TPSA) is 71.3 Å². The van der Waals surface area contributed by atoms with E-state index in [0.717, 1.165) is 32.1 Å². The number of rotatable bonds is 4. The third-order valence-electron chi connectivity index (χ3n) is 4.04. The molecule has 0 spiro atoms. The molecule has 5 heteroatoms. The Bertz CT molecular complexity index is 557. The van der Waals surface area contributed by atoms with E-state index in [-0.39, 0.29) is 5.91 Å². The first-order valence-electron chi connectivity index (χ1n) is 7.10. The van der Waals surface area contributed by atoms with Crippen LogP contribution in [0.4, 0.5) is 5.69 Å². The molecular formula is C16H20N2O3. The highest BCUT2D eigenvalue weighted by atomic mass is 16.5. The number of anilines is 1. The van der Waals surface area contributed by atoms with E-state index in [0.29, 0.717) is 17.0 Å². The minimum absolute atomic E-state index is 0.140. The first-order chi connectivity index (χ1) is 10.1. The third kappa shape index (κ3) is 3.17. The average Bonchev–Trinajstić information content (AvgIpc) is 2.55. The fourth-order valence-corrected chi connectivity index (χ4v) is 2.76. The highest BCUT2D eigenvalue weighted by Gasteiger charge is 2.39. The standard InChI is InChI=1S/C16H20N2O3/c1-20-14-7-6-13(10-12(14)11-17)18-15(19)16(21-2)8-4-3-5-9-16/h6-7,10H,3-5,8-9H2,1-2H3,(H,18,19). The van der Waals surface area contributed by atoms with Gasteiger partial charge in [0.05, 0.1) is 12.7 Å². The maximum Gasteiger partial charge on any atom is 0.256 e. The van der Waals surface area contributed by atoms with Crippen LogP contribution < -0.4 is 10.1 Å². The molecule has 0 radical (unpaired) electrons. The first-order valence-corrected chi connectivity index (χ1v) is 7.10. The molecule has 1 saturated carbocycles. The summed E-state index contributed by atoms with van der Waals surface area (Å²) in [5.74, 6) is 0.355. The van der Waals surface area contributed by atoms with E-state index in [4.69, 9.17) is 14.7 Å². The number of nitrogens with zero attached hydrogens (tertiary/aromatic N) is 1. The molecule has 112 valence electrons. The molecule has 1 fully saturated rings. The summed E-state index contributed by atoms with van der Waals surface area (Å²) in [5, 5.41) is 11.9. The van der Waals surface area contributed by atoms with Crippen molar-refractivity contribution >= 4 is 11.6 Å². The molecule has 0 aliphatic heterocycles. The minimum atomic E-state index is -0.745. The fraction of sp³-hybridized carbons (Fsp3) is 0.500. The molecule has 0 bridgehead atoms. The van der Waals surface area contributed by atoms with Gasteiger partial charge >= 0.3 is 0 Å². The van der Waals surface area contributed by atoms with E-state index in [9.17, 15) is 4.79 Å². The van der Waals surface area contributed by atoms with Crippen molar-refractivity contribution in [2.24, 2.45) is 0 Å². The number of benzene rings is 1. The van der Waals surface area contributed by atoms with Gasteiger partial charge in [0, 0.05) is 12.8 Å². The second-order valence-corrected chi connectivity index (χ2v) is 5.24. The van der Waals surface area contributed by atoms with Crippen LogP contribution in [0.3, 0.4) is 0 Å². The molecule has 2 rings (SSSR count). The van der Waals surface area contributed by atoms with Gasteiger partial charge in [0.25, 0.3) is 5.91 Å². The number of amides is 1. The normalized spacial score (nSPS) is 16.8. The average molecular weight is 288 g/mol. The van der Waals surface area contributed by atoms with E-state index in [1.807, 2.05) is 0 Å². The molecule has 1 aliphatic carbocycles. The Morgan fingerprint density at radius 1 is 1.29 bits per heavy atom. The lowest BCUT2D eigenvalue weighted by atomic mass is 9.84. The van der Waals surface area contributed by atoms with E-state index in [1.54, 1.807) is 25.3 Å². The summed E-state index contributed by atoms with van der Waals surface area (Å²) in [6.07, 6.45) is 4.59. The van der Waals surface area contributed by atoms with Gasteiger partial charge in [-0.25, -0.2) is 0 Å². The number of nitriles is 1. The predicted molar refractivity (Wildman–Crippen MR) is 79.2 cm³/mol. The number of methoxy groups -OCH3 is 2. The quantitative estimate of drug-likeness (QED) is 0.924. The summed E-state index contributed by atoms with van der Waals surface area (Å²) < 4.78 is 10.6. The van der Waals surface area contributed by atoms with Crippen LogP contribution in [-0.2, 0) is 9.53 Å². The molecule has 0 heterocycles. The van der Waals surface area contributed by atoms with Crippen molar-refractivity contribution < 1.29 is 14.3 Å². The Morgan fingerprint density at radius 3 is 2.57 bits per heavy atom. The summed E-state index contributed by atoms with van der Waals surface area (Å²) in [6, 6.07) is 7.07. The monoisotopic (exact) mass is 288 g/mol. The van der Waals surface area contributed by atoms with Crippen LogP contribution in [0, 0.1) is 11.3 Å². The van der Waals surface area contributed by atoms with Crippen molar-refractivity contribution in [2.45, 2.75) is 37.7 Å². The van der Waals surface area contributed by atoms with Gasteiger partial charge in [-0.05, 0) is 31.0 Å². The molecule has 1 aliphatic rings. The Hall–Kier alpha value is -2.06. The Kier molecular flexibility index (Phi) is 4.81. The number of carbonyl (C=O) groups is 1. The number of carbonyl (C=O) groups excluding carboxylic acids is 1. The number of hydrogen-bond acceptors (Lipinski definition) is 4. The summed E-state index contributed by atoms with van der Waals surface area (Å²) in [4.78, 5) is 12.5. The Labute approximate surface area is 124 Å². The van der Waals surface area contributed by atoms with Crippen LogP contribution in [0.15, 0.2) is 18.2 Å². The summed E-state index contributed by atoms with van der Waals surface area (Å²) in [6.45, 7) is 0. The molecule has 1 aromatic carbocycles. The fourth-order valence-electron chi connectivity index (χ4n) is 2.76. The van der Waals surface area contributed by atoms with E-state index >= 15 is 0 Å². The van der Waals surface area contributed by atoms with Crippen molar-refractivity contribution in [3.05, 3.63) is 23.8 Å². The minimum Gasteiger partial charge on any atom is -0.495 e. The zero-order valence-electron chi connectivity index (χ0n) is 12.4. The molecule has 1 N–H and O–H groups in total. The van der Waals surface area contributed by atoms with Crippen molar-refractivity contribution in [1.82, 2.24) is 0 Å². The van der Waals surface area contributed by atoms with Crippen LogP contribution in [0.25, 0.3) is 0 Å². The predicted octanol–water partition coefficient (Wildman–Crippen LogP) is 2.85. The van der Waals surface area contributed by atoms with Gasteiger partial charge in [0.15, 0.2) is 0 Å². The maximum absolute atomic E-state index is 12.5. The molecule has 1 amide bonds. The van der Waals surface area contributed by atoms with Crippen LogP contribution in [0.1, 0.15) is 37.7 Å². The van der Waals surface area contributed by atoms with Crippen LogP contribution in [-0.4, -0.2) is 25.7 Å². The first kappa shape index (κ1) is 15.3. The second kappa shape index (κ2) is 6.59. The van der Waals surface area contributed by atoms with E-state index in [2.05, 4.69) is 11.4 Å². The molecule has 0 saturated heterocycles. The summed E-state index contributed by atoms with van der Waals surface area (Å²) in [7, 11) is 3.09. The molecular weight excluding hydrogens is 268 g/mol. The van der Waals surface area contributed by atoms with Gasteiger partial charge in [0.1, 0.15) is 17.4 Å². The van der Waals surface area contributed by atoms with Gasteiger partial charge in [-0.3, -0.25) is 4.79 Å². The zero-order chi connectivity index (χ0) is 15.3. The zero-order valence-corrected chi connectivity index (χ0v) is 12.4. The van der Waals surface area contributed by atoms with Crippen molar-refractivity contribution in [3.63, 3.8) is 0 Å². The highest BCUT2D eigenvalue weighted by molar-refractivity contribution is 5.97. The molecule has 1 aromatic rings. The second-order valence-electron chi connectivity index (χ2n) is 5.24. The Morgan fingerprint density at radius 2 is 2.00 bits per heavy atom. The molecule has 5 nitrogen and oxygen atoms in total. The number of hydrogen-bond donors (Lipinski definition) is 1. The number of ether oxygens (including phenoxy) is 2. The Balaban J connectivity index is 2.17. The summed E-state index contributed by atoms with van der Waals surface area (Å²) >= 11 is 0. The summed E-state index contributed by atoms with van der Waals surface area (Å²) in [5.41, 5.74) is 0.232. The highest BCUT2D eigenvalue weighted by Crippen LogP contribution is 2.32. The number of nitrogens with one attached hydrogen (secondary N) is 1. The SMILES string of the molecule is COc1ccc(NC(=O)C2(OC)CCCCC2)cc1C#N. The lowest BCUT2D eigenvalue weighted by molar-refractivity contribution is -0.141. The van der Waals surface area contributed by atoms with Gasteiger partial charge < -0.3 is 14.8 Å². The largest absolute Gasteiger partial charge is 0.495 e. The van der Waals surface area contributed by atoms with E-state index in [1.165, 1.54) is 7.11 Å². The maximum atomic E-state index is 12.5. The smallest absolute Gasteiger partial charge is 0.256 e. The van der Waals surface area contributed by atoms with Gasteiger partial charge in [-0.15, -0.1) is 0 Å². The van der Waals surface area contributed by atoms with Crippen LogP contribution in [0.2, 0.25) is 0 Å². The third-order valence-corrected chi connectivity index (χ3v) is 4.04. The van der Waals surface area contributed by atoms with E-state index < -0.39 is 5.60 Å². The van der Waals surface area contributed by atoms with Crippen LogP contribution >= 0.6 is 0 Å². The molecule has 0 aromatic heterocycles. The van der Waals surface area contributed by atoms with Gasteiger partial charge in [-0.2, -0.15) is 5.26 Å². The molecule has 0 unspecified atom stereocenters. The lowest BCUT2D eigenvalue weighted by Crippen LogP contribution is -2.46.